The maximum Gasteiger partial charge on any atom is 0.153 e. The normalized spacial score (nSPS) is 10.6. The van der Waals surface area contributed by atoms with Crippen LogP contribution in [0, 0.1) is 13.8 Å². The molecule has 0 aliphatic rings. The maximum absolute atomic E-state index is 10.8. The summed E-state index contributed by atoms with van der Waals surface area (Å²) in [5.41, 5.74) is 2.58. The monoisotopic (exact) mass is 226 g/mol. The molecule has 3 nitrogen and oxygen atoms in total. The van der Waals surface area contributed by atoms with Crippen LogP contribution in [0.5, 0.6) is 0 Å². The summed E-state index contributed by atoms with van der Waals surface area (Å²) >= 11 is 1.94. The lowest BCUT2D eigenvalue weighted by Crippen LogP contribution is -2.04. The fraction of sp³-hybridized carbons (Fsp3) is 0.636. The Balaban J connectivity index is 2.58. The molecule has 0 amide bonds. The SMILES string of the molecule is CCSCCCn1nc(C)c(C=O)c1C. The number of rotatable bonds is 6. The molecular formula is C11H18N2OS. The van der Waals surface area contributed by atoms with E-state index in [1.165, 1.54) is 0 Å². The molecule has 1 heterocycles. The standard InChI is InChI=1S/C11H18N2OS/c1-4-15-7-5-6-13-10(3)11(8-14)9(2)12-13/h8H,4-7H2,1-3H3. The Morgan fingerprint density at radius 1 is 1.47 bits per heavy atom. The molecule has 0 bridgehead atoms. The Morgan fingerprint density at radius 2 is 2.20 bits per heavy atom. The summed E-state index contributed by atoms with van der Waals surface area (Å²) in [6.45, 7) is 6.91. The van der Waals surface area contributed by atoms with Crippen LogP contribution in [-0.4, -0.2) is 27.6 Å². The zero-order chi connectivity index (χ0) is 11.3. The Bertz CT molecular complexity index is 334. The van der Waals surface area contributed by atoms with Gasteiger partial charge >= 0.3 is 0 Å². The van der Waals surface area contributed by atoms with Gasteiger partial charge in [0.25, 0.3) is 0 Å². The van der Waals surface area contributed by atoms with E-state index in [0.29, 0.717) is 0 Å². The van der Waals surface area contributed by atoms with Gasteiger partial charge in [0.1, 0.15) is 0 Å². The fourth-order valence-electron chi connectivity index (χ4n) is 1.56. The number of hydrogen-bond acceptors (Lipinski definition) is 3. The van der Waals surface area contributed by atoms with E-state index in [1.54, 1.807) is 0 Å². The minimum absolute atomic E-state index is 0.748. The van der Waals surface area contributed by atoms with Crippen molar-refractivity contribution in [2.75, 3.05) is 11.5 Å². The average molecular weight is 226 g/mol. The van der Waals surface area contributed by atoms with Crippen molar-refractivity contribution in [3.8, 4) is 0 Å². The van der Waals surface area contributed by atoms with Crippen LogP contribution in [0.1, 0.15) is 35.1 Å². The van der Waals surface area contributed by atoms with Gasteiger partial charge in [-0.2, -0.15) is 16.9 Å². The third-order valence-corrected chi connectivity index (χ3v) is 3.40. The van der Waals surface area contributed by atoms with E-state index in [4.69, 9.17) is 0 Å². The van der Waals surface area contributed by atoms with Gasteiger partial charge in [0.15, 0.2) is 6.29 Å². The predicted octanol–water partition coefficient (Wildman–Crippen LogP) is 2.46. The molecule has 0 fully saturated rings. The molecule has 0 N–H and O–H groups in total. The molecule has 84 valence electrons. The first kappa shape index (κ1) is 12.3. The lowest BCUT2D eigenvalue weighted by molar-refractivity contribution is 0.112. The predicted molar refractivity (Wildman–Crippen MR) is 64.7 cm³/mol. The lowest BCUT2D eigenvalue weighted by Gasteiger charge is -2.03. The van der Waals surface area contributed by atoms with Gasteiger partial charge in [-0.25, -0.2) is 0 Å². The molecule has 0 aliphatic heterocycles. The summed E-state index contributed by atoms with van der Waals surface area (Å²) in [7, 11) is 0. The molecule has 0 radical (unpaired) electrons. The molecule has 1 rings (SSSR count). The molecular weight excluding hydrogens is 208 g/mol. The van der Waals surface area contributed by atoms with E-state index < -0.39 is 0 Å². The minimum atomic E-state index is 0.748. The third-order valence-electron chi connectivity index (χ3n) is 2.42. The molecule has 1 aromatic heterocycles. The summed E-state index contributed by atoms with van der Waals surface area (Å²) < 4.78 is 1.94. The summed E-state index contributed by atoms with van der Waals surface area (Å²) in [4.78, 5) is 10.8. The molecule has 15 heavy (non-hydrogen) atoms. The molecule has 4 heteroatoms. The first-order chi connectivity index (χ1) is 7.20. The molecule has 0 atom stereocenters. The van der Waals surface area contributed by atoms with E-state index in [0.717, 1.165) is 47.7 Å². The second-order valence-corrected chi connectivity index (χ2v) is 4.87. The van der Waals surface area contributed by atoms with Gasteiger partial charge in [0.2, 0.25) is 0 Å². The number of nitrogens with zero attached hydrogens (tertiary/aromatic N) is 2. The van der Waals surface area contributed by atoms with E-state index in [1.807, 2.05) is 30.3 Å². The highest BCUT2D eigenvalue weighted by Gasteiger charge is 2.09. The van der Waals surface area contributed by atoms with Gasteiger partial charge in [-0.15, -0.1) is 0 Å². The zero-order valence-electron chi connectivity index (χ0n) is 9.62. The summed E-state index contributed by atoms with van der Waals surface area (Å²) in [6, 6.07) is 0. The maximum atomic E-state index is 10.8. The van der Waals surface area contributed by atoms with Gasteiger partial charge < -0.3 is 0 Å². The van der Waals surface area contributed by atoms with Crippen molar-refractivity contribution in [1.29, 1.82) is 0 Å². The van der Waals surface area contributed by atoms with Crippen LogP contribution < -0.4 is 0 Å². The minimum Gasteiger partial charge on any atom is -0.298 e. The lowest BCUT2D eigenvalue weighted by atomic mass is 10.2. The highest BCUT2D eigenvalue weighted by molar-refractivity contribution is 7.99. The molecule has 0 spiro atoms. The summed E-state index contributed by atoms with van der Waals surface area (Å²) in [5, 5.41) is 4.35. The smallest absolute Gasteiger partial charge is 0.153 e. The van der Waals surface area contributed by atoms with Crippen molar-refractivity contribution >= 4 is 18.0 Å². The fourth-order valence-corrected chi connectivity index (χ4v) is 2.18. The summed E-state index contributed by atoms with van der Waals surface area (Å²) in [5.74, 6) is 2.32. The average Bonchev–Trinajstić information content (AvgIpc) is 2.49. The Labute approximate surface area is 95.2 Å². The molecule has 1 aromatic rings. The van der Waals surface area contributed by atoms with E-state index in [9.17, 15) is 4.79 Å². The van der Waals surface area contributed by atoms with E-state index in [-0.39, 0.29) is 0 Å². The van der Waals surface area contributed by atoms with Crippen LogP contribution >= 0.6 is 11.8 Å². The first-order valence-electron chi connectivity index (χ1n) is 5.27. The van der Waals surface area contributed by atoms with Crippen molar-refractivity contribution in [3.63, 3.8) is 0 Å². The molecule has 0 aliphatic carbocycles. The number of carbonyl (C=O) groups is 1. The van der Waals surface area contributed by atoms with Crippen LogP contribution in [0.4, 0.5) is 0 Å². The van der Waals surface area contributed by atoms with Crippen molar-refractivity contribution < 1.29 is 4.79 Å². The van der Waals surface area contributed by atoms with Crippen LogP contribution in [-0.2, 0) is 6.54 Å². The number of hydrogen-bond donors (Lipinski definition) is 0. The quantitative estimate of drug-likeness (QED) is 0.552. The van der Waals surface area contributed by atoms with Crippen molar-refractivity contribution in [2.45, 2.75) is 33.7 Å². The number of thioether (sulfide) groups is 1. The second-order valence-electron chi connectivity index (χ2n) is 3.48. The van der Waals surface area contributed by atoms with Crippen LogP contribution in [0.3, 0.4) is 0 Å². The number of aromatic nitrogens is 2. The number of aldehydes is 1. The third kappa shape index (κ3) is 3.09. The van der Waals surface area contributed by atoms with Gasteiger partial charge in [0, 0.05) is 12.2 Å². The Hall–Kier alpha value is -0.770. The zero-order valence-corrected chi connectivity index (χ0v) is 10.4. The molecule has 0 unspecified atom stereocenters. The molecule has 0 saturated carbocycles. The van der Waals surface area contributed by atoms with Gasteiger partial charge in [-0.05, 0) is 31.8 Å². The van der Waals surface area contributed by atoms with Crippen LogP contribution in [0.15, 0.2) is 0 Å². The largest absolute Gasteiger partial charge is 0.298 e. The highest BCUT2D eigenvalue weighted by Crippen LogP contribution is 2.11. The van der Waals surface area contributed by atoms with Gasteiger partial charge in [-0.1, -0.05) is 6.92 Å². The number of aryl methyl sites for hydroxylation is 2. The van der Waals surface area contributed by atoms with E-state index >= 15 is 0 Å². The topological polar surface area (TPSA) is 34.9 Å². The van der Waals surface area contributed by atoms with Crippen LogP contribution in [0.25, 0.3) is 0 Å². The second kappa shape index (κ2) is 5.95. The first-order valence-corrected chi connectivity index (χ1v) is 6.43. The van der Waals surface area contributed by atoms with Crippen molar-refractivity contribution in [3.05, 3.63) is 17.0 Å². The number of carbonyl (C=O) groups excluding carboxylic acids is 1. The van der Waals surface area contributed by atoms with Crippen LogP contribution in [0.2, 0.25) is 0 Å². The van der Waals surface area contributed by atoms with Gasteiger partial charge in [0.05, 0.1) is 11.3 Å². The Kier molecular flexibility index (Phi) is 4.88. The van der Waals surface area contributed by atoms with E-state index in [2.05, 4.69) is 12.0 Å². The van der Waals surface area contributed by atoms with Crippen molar-refractivity contribution in [2.24, 2.45) is 0 Å². The summed E-state index contributed by atoms with van der Waals surface area (Å²) in [6.07, 6.45) is 2.01. The molecule has 0 saturated heterocycles. The van der Waals surface area contributed by atoms with Gasteiger partial charge in [-0.3, -0.25) is 9.48 Å². The Morgan fingerprint density at radius 3 is 2.73 bits per heavy atom. The highest BCUT2D eigenvalue weighted by atomic mass is 32.2. The van der Waals surface area contributed by atoms with Crippen molar-refractivity contribution in [1.82, 2.24) is 9.78 Å². The molecule has 0 aromatic carbocycles.